The van der Waals surface area contributed by atoms with Crippen LogP contribution in [0.4, 0.5) is 0 Å². The molecule has 0 aromatic rings. The smallest absolute Gasteiger partial charge is 0.152 e. The lowest BCUT2D eigenvalue weighted by molar-refractivity contribution is -0.113. The molecular weight excluding hydrogens is 248 g/mol. The Balaban J connectivity index is 3.15. The van der Waals surface area contributed by atoms with E-state index in [0.717, 1.165) is 0 Å². The van der Waals surface area contributed by atoms with Gasteiger partial charge in [-0.2, -0.15) is 0 Å². The second-order valence-electron chi connectivity index (χ2n) is 3.79. The fourth-order valence-electron chi connectivity index (χ4n) is 1.07. The Morgan fingerprint density at radius 2 is 1.11 bits per heavy atom. The first kappa shape index (κ1) is 17.7. The minimum absolute atomic E-state index is 0.0100. The van der Waals surface area contributed by atoms with Crippen LogP contribution in [0.1, 0.15) is 13.8 Å². The van der Waals surface area contributed by atoms with E-state index in [2.05, 4.69) is 0 Å². The molecular formula is C14H22O5. The monoisotopic (exact) mass is 270 g/mol. The molecule has 0 bridgehead atoms. The lowest BCUT2D eigenvalue weighted by Gasteiger charge is -2.04. The van der Waals surface area contributed by atoms with Crippen molar-refractivity contribution in [1.29, 1.82) is 0 Å². The van der Waals surface area contributed by atoms with Gasteiger partial charge in [0.15, 0.2) is 11.6 Å². The van der Waals surface area contributed by atoms with Gasteiger partial charge in [0.25, 0.3) is 0 Å². The van der Waals surface area contributed by atoms with Gasteiger partial charge in [-0.15, -0.1) is 0 Å². The molecule has 5 heteroatoms. The van der Waals surface area contributed by atoms with E-state index in [-0.39, 0.29) is 11.6 Å². The molecule has 0 saturated carbocycles. The maximum atomic E-state index is 10.6. The van der Waals surface area contributed by atoms with E-state index in [1.54, 1.807) is 12.2 Å². The summed E-state index contributed by atoms with van der Waals surface area (Å²) in [5.41, 5.74) is 0. The van der Waals surface area contributed by atoms with Gasteiger partial charge in [-0.25, -0.2) is 0 Å². The summed E-state index contributed by atoms with van der Waals surface area (Å²) in [6, 6.07) is 0. The summed E-state index contributed by atoms with van der Waals surface area (Å²) in [4.78, 5) is 21.1. The standard InChI is InChI=1S/C14H22O5/c1-13(15)5-3-7-17-9-11-19-12-10-18-8-4-6-14(2)16/h3-6H,7-12H2,1-2H3/b5-3+,6-4+. The molecule has 0 radical (unpaired) electrons. The van der Waals surface area contributed by atoms with Crippen molar-refractivity contribution in [3.05, 3.63) is 24.3 Å². The van der Waals surface area contributed by atoms with Crippen molar-refractivity contribution in [2.75, 3.05) is 39.6 Å². The van der Waals surface area contributed by atoms with E-state index < -0.39 is 0 Å². The summed E-state index contributed by atoms with van der Waals surface area (Å²) in [5, 5.41) is 0. The molecule has 0 spiro atoms. The van der Waals surface area contributed by atoms with Crippen LogP contribution in [0.5, 0.6) is 0 Å². The highest BCUT2D eigenvalue weighted by molar-refractivity contribution is 5.87. The SMILES string of the molecule is CC(=O)/C=C/COCCOCCOC/C=C/C(C)=O. The van der Waals surface area contributed by atoms with Crippen molar-refractivity contribution in [2.45, 2.75) is 13.8 Å². The number of ether oxygens (including phenoxy) is 3. The second kappa shape index (κ2) is 13.1. The van der Waals surface area contributed by atoms with Gasteiger partial charge in [-0.05, 0) is 26.0 Å². The molecule has 0 amide bonds. The van der Waals surface area contributed by atoms with Crippen LogP contribution < -0.4 is 0 Å². The normalized spacial score (nSPS) is 11.5. The van der Waals surface area contributed by atoms with Crippen LogP contribution in [0.15, 0.2) is 24.3 Å². The summed E-state index contributed by atoms with van der Waals surface area (Å²) in [6.45, 7) is 5.74. The Morgan fingerprint density at radius 1 is 0.737 bits per heavy atom. The summed E-state index contributed by atoms with van der Waals surface area (Å²) in [6.07, 6.45) is 6.30. The Labute approximate surface area is 114 Å². The summed E-state index contributed by atoms with van der Waals surface area (Å²) in [5.74, 6) is 0.0200. The molecule has 5 nitrogen and oxygen atoms in total. The second-order valence-corrected chi connectivity index (χ2v) is 3.79. The van der Waals surface area contributed by atoms with Crippen LogP contribution in [-0.2, 0) is 23.8 Å². The zero-order chi connectivity index (χ0) is 14.3. The average molecular weight is 270 g/mol. The van der Waals surface area contributed by atoms with E-state index in [4.69, 9.17) is 14.2 Å². The third-order valence-corrected chi connectivity index (χ3v) is 1.88. The maximum absolute atomic E-state index is 10.6. The van der Waals surface area contributed by atoms with Gasteiger partial charge in [0.05, 0.1) is 39.6 Å². The van der Waals surface area contributed by atoms with Gasteiger partial charge < -0.3 is 14.2 Å². The quantitative estimate of drug-likeness (QED) is 0.395. The Kier molecular flexibility index (Phi) is 12.2. The van der Waals surface area contributed by atoms with Crippen molar-refractivity contribution < 1.29 is 23.8 Å². The van der Waals surface area contributed by atoms with Gasteiger partial charge in [0.1, 0.15) is 0 Å². The number of allylic oxidation sites excluding steroid dienone is 2. The summed E-state index contributed by atoms with van der Waals surface area (Å²) >= 11 is 0. The average Bonchev–Trinajstić information content (AvgIpc) is 2.34. The number of hydrogen-bond acceptors (Lipinski definition) is 5. The van der Waals surface area contributed by atoms with Crippen LogP contribution in [0, 0.1) is 0 Å². The van der Waals surface area contributed by atoms with E-state index in [1.807, 2.05) is 0 Å². The van der Waals surface area contributed by atoms with E-state index >= 15 is 0 Å². The minimum atomic E-state index is 0.0100. The highest BCUT2D eigenvalue weighted by Crippen LogP contribution is 1.84. The molecule has 0 aromatic carbocycles. The van der Waals surface area contributed by atoms with E-state index in [9.17, 15) is 9.59 Å². The Morgan fingerprint density at radius 3 is 1.47 bits per heavy atom. The Bertz CT molecular complexity index is 277. The molecule has 0 aliphatic heterocycles. The van der Waals surface area contributed by atoms with Gasteiger partial charge in [0.2, 0.25) is 0 Å². The molecule has 0 N–H and O–H groups in total. The number of ketones is 2. The molecule has 0 rings (SSSR count). The van der Waals surface area contributed by atoms with Crippen molar-refractivity contribution >= 4 is 11.6 Å². The van der Waals surface area contributed by atoms with Gasteiger partial charge in [-0.3, -0.25) is 9.59 Å². The van der Waals surface area contributed by atoms with Crippen molar-refractivity contribution in [2.24, 2.45) is 0 Å². The van der Waals surface area contributed by atoms with Crippen molar-refractivity contribution in [1.82, 2.24) is 0 Å². The minimum Gasteiger partial charge on any atom is -0.377 e. The first-order valence-corrected chi connectivity index (χ1v) is 6.20. The molecule has 108 valence electrons. The molecule has 19 heavy (non-hydrogen) atoms. The maximum Gasteiger partial charge on any atom is 0.152 e. The fraction of sp³-hybridized carbons (Fsp3) is 0.571. The zero-order valence-electron chi connectivity index (χ0n) is 11.6. The van der Waals surface area contributed by atoms with Crippen molar-refractivity contribution in [3.63, 3.8) is 0 Å². The van der Waals surface area contributed by atoms with Crippen LogP contribution in [0.25, 0.3) is 0 Å². The lowest BCUT2D eigenvalue weighted by Crippen LogP contribution is -2.09. The highest BCUT2D eigenvalue weighted by Gasteiger charge is 1.90. The number of rotatable bonds is 12. The van der Waals surface area contributed by atoms with Crippen LogP contribution in [-0.4, -0.2) is 51.2 Å². The molecule has 0 fully saturated rings. The van der Waals surface area contributed by atoms with Gasteiger partial charge in [0, 0.05) is 0 Å². The third kappa shape index (κ3) is 16.7. The highest BCUT2D eigenvalue weighted by atomic mass is 16.5. The molecule has 0 heterocycles. The number of hydrogen-bond donors (Lipinski definition) is 0. The van der Waals surface area contributed by atoms with E-state index in [1.165, 1.54) is 26.0 Å². The topological polar surface area (TPSA) is 61.8 Å². The third-order valence-electron chi connectivity index (χ3n) is 1.88. The summed E-state index contributed by atoms with van der Waals surface area (Å²) < 4.78 is 15.7. The molecule has 0 aliphatic carbocycles. The predicted molar refractivity (Wildman–Crippen MR) is 72.1 cm³/mol. The molecule has 0 unspecified atom stereocenters. The van der Waals surface area contributed by atoms with Crippen molar-refractivity contribution in [3.8, 4) is 0 Å². The molecule has 0 aliphatic rings. The van der Waals surface area contributed by atoms with Crippen LogP contribution in [0.3, 0.4) is 0 Å². The van der Waals surface area contributed by atoms with Gasteiger partial charge in [-0.1, -0.05) is 12.2 Å². The largest absolute Gasteiger partial charge is 0.377 e. The Hall–Kier alpha value is -1.30. The predicted octanol–water partition coefficient (Wildman–Crippen LogP) is 1.33. The number of carbonyl (C=O) groups is 2. The first-order valence-electron chi connectivity index (χ1n) is 6.20. The van der Waals surface area contributed by atoms with Crippen LogP contribution >= 0.6 is 0 Å². The van der Waals surface area contributed by atoms with Crippen LogP contribution in [0.2, 0.25) is 0 Å². The van der Waals surface area contributed by atoms with E-state index in [0.29, 0.717) is 39.6 Å². The molecule has 0 aromatic heterocycles. The van der Waals surface area contributed by atoms with Gasteiger partial charge >= 0.3 is 0 Å². The fourth-order valence-corrected chi connectivity index (χ4v) is 1.07. The molecule has 0 saturated heterocycles. The summed E-state index contributed by atoms with van der Waals surface area (Å²) in [7, 11) is 0. The zero-order valence-corrected chi connectivity index (χ0v) is 11.6. The first-order chi connectivity index (χ1) is 9.13. The molecule has 0 atom stereocenters. The number of carbonyl (C=O) groups excluding carboxylic acids is 2. The lowest BCUT2D eigenvalue weighted by atomic mass is 10.4.